The lowest BCUT2D eigenvalue weighted by atomic mass is 9.83. The SMILES string of the molecule is Cc1cc2oc(C(=O)Oc3ccc4c(c3)OC(N)=C(C#N)C4c3ccccc3Cl)c(C)c2cc1Cl. The van der Waals surface area contributed by atoms with E-state index in [1.54, 1.807) is 43.3 Å². The summed E-state index contributed by atoms with van der Waals surface area (Å²) in [7, 11) is 0. The molecule has 0 spiro atoms. The fourth-order valence-corrected chi connectivity index (χ4v) is 4.63. The molecule has 35 heavy (non-hydrogen) atoms. The summed E-state index contributed by atoms with van der Waals surface area (Å²) < 4.78 is 17.1. The van der Waals surface area contributed by atoms with Gasteiger partial charge < -0.3 is 19.6 Å². The van der Waals surface area contributed by atoms with Gasteiger partial charge in [-0.25, -0.2) is 4.79 Å². The number of allylic oxidation sites excluding steroid dienone is 1. The highest BCUT2D eigenvalue weighted by molar-refractivity contribution is 6.32. The molecular weight excluding hydrogens is 487 g/mol. The minimum Gasteiger partial charge on any atom is -0.449 e. The van der Waals surface area contributed by atoms with Gasteiger partial charge >= 0.3 is 5.97 Å². The molecule has 1 aliphatic heterocycles. The maximum Gasteiger partial charge on any atom is 0.379 e. The maximum atomic E-state index is 13.0. The van der Waals surface area contributed by atoms with E-state index in [0.29, 0.717) is 32.5 Å². The summed E-state index contributed by atoms with van der Waals surface area (Å²) in [5.41, 5.74) is 9.74. The van der Waals surface area contributed by atoms with Crippen molar-refractivity contribution in [2.75, 3.05) is 0 Å². The number of hydrogen-bond acceptors (Lipinski definition) is 6. The molecule has 0 amide bonds. The number of furan rings is 1. The first-order valence-electron chi connectivity index (χ1n) is 10.7. The molecule has 1 unspecified atom stereocenters. The fourth-order valence-electron chi connectivity index (χ4n) is 4.22. The number of nitriles is 1. The van der Waals surface area contributed by atoms with Crippen LogP contribution in [-0.4, -0.2) is 5.97 Å². The number of rotatable bonds is 3. The molecule has 0 saturated heterocycles. The van der Waals surface area contributed by atoms with Crippen molar-refractivity contribution in [3.8, 4) is 17.6 Å². The van der Waals surface area contributed by atoms with E-state index in [1.165, 1.54) is 0 Å². The van der Waals surface area contributed by atoms with Gasteiger partial charge in [-0.1, -0.05) is 47.5 Å². The van der Waals surface area contributed by atoms with Gasteiger partial charge in [0.05, 0.1) is 5.92 Å². The van der Waals surface area contributed by atoms with Crippen molar-refractivity contribution in [1.29, 1.82) is 5.26 Å². The summed E-state index contributed by atoms with van der Waals surface area (Å²) in [6.45, 7) is 3.63. The lowest BCUT2D eigenvalue weighted by Crippen LogP contribution is -2.21. The fraction of sp³-hybridized carbons (Fsp3) is 0.111. The Hall–Kier alpha value is -3.92. The molecule has 0 saturated carbocycles. The van der Waals surface area contributed by atoms with Crippen LogP contribution in [0.3, 0.4) is 0 Å². The third-order valence-corrected chi connectivity index (χ3v) is 6.77. The average Bonchev–Trinajstić information content (AvgIpc) is 3.14. The topological polar surface area (TPSA) is 98.5 Å². The van der Waals surface area contributed by atoms with Crippen LogP contribution in [0.1, 0.15) is 38.7 Å². The zero-order valence-corrected chi connectivity index (χ0v) is 20.2. The van der Waals surface area contributed by atoms with Crippen LogP contribution in [0.15, 0.2) is 70.5 Å². The lowest BCUT2D eigenvalue weighted by molar-refractivity contribution is 0.0702. The Kier molecular flexibility index (Phi) is 5.68. The molecule has 1 atom stereocenters. The Morgan fingerprint density at radius 1 is 1.06 bits per heavy atom. The number of carbonyl (C=O) groups is 1. The Labute approximate surface area is 211 Å². The zero-order valence-electron chi connectivity index (χ0n) is 18.7. The van der Waals surface area contributed by atoms with Crippen molar-refractivity contribution in [3.63, 3.8) is 0 Å². The first kappa shape index (κ1) is 22.9. The van der Waals surface area contributed by atoms with Gasteiger partial charge in [-0.3, -0.25) is 0 Å². The van der Waals surface area contributed by atoms with Crippen molar-refractivity contribution in [1.82, 2.24) is 0 Å². The van der Waals surface area contributed by atoms with Crippen molar-refractivity contribution in [2.24, 2.45) is 5.73 Å². The molecule has 1 aromatic heterocycles. The number of fused-ring (bicyclic) bond motifs is 2. The van der Waals surface area contributed by atoms with Gasteiger partial charge in [-0.15, -0.1) is 0 Å². The molecule has 0 radical (unpaired) electrons. The second kappa shape index (κ2) is 8.70. The summed E-state index contributed by atoms with van der Waals surface area (Å²) in [4.78, 5) is 13.0. The van der Waals surface area contributed by atoms with E-state index in [1.807, 2.05) is 25.1 Å². The van der Waals surface area contributed by atoms with Crippen molar-refractivity contribution >= 4 is 40.1 Å². The van der Waals surface area contributed by atoms with Gasteiger partial charge in [0.2, 0.25) is 11.6 Å². The average molecular weight is 505 g/mol. The van der Waals surface area contributed by atoms with E-state index in [9.17, 15) is 10.1 Å². The standard InChI is InChI=1S/C27H18Cl2N2O4/c1-13-9-22-18(11-21(13)29)14(2)25(34-22)27(32)33-15-7-8-17-23(10-15)35-26(31)19(12-30)24(17)16-5-3-4-6-20(16)28/h3-11,24H,31H2,1-2H3. The van der Waals surface area contributed by atoms with Crippen LogP contribution in [-0.2, 0) is 0 Å². The second-order valence-electron chi connectivity index (χ2n) is 8.19. The van der Waals surface area contributed by atoms with Crippen LogP contribution in [0.4, 0.5) is 0 Å². The first-order valence-corrected chi connectivity index (χ1v) is 11.4. The third-order valence-electron chi connectivity index (χ3n) is 6.02. The van der Waals surface area contributed by atoms with Crippen LogP contribution in [0.5, 0.6) is 11.5 Å². The van der Waals surface area contributed by atoms with Gasteiger partial charge in [0.15, 0.2) is 0 Å². The van der Waals surface area contributed by atoms with Gasteiger partial charge in [-0.05, 0) is 49.2 Å². The third kappa shape index (κ3) is 3.89. The number of nitrogens with zero attached hydrogens (tertiary/aromatic N) is 1. The number of carbonyl (C=O) groups excluding carboxylic acids is 1. The molecule has 0 aliphatic carbocycles. The summed E-state index contributed by atoms with van der Waals surface area (Å²) in [6.07, 6.45) is 0. The first-order chi connectivity index (χ1) is 16.8. The molecule has 174 valence electrons. The van der Waals surface area contributed by atoms with Gasteiger partial charge in [0.25, 0.3) is 0 Å². The highest BCUT2D eigenvalue weighted by Gasteiger charge is 2.32. The number of esters is 1. The quantitative estimate of drug-likeness (QED) is 0.243. The van der Waals surface area contributed by atoms with E-state index in [-0.39, 0.29) is 23.0 Å². The van der Waals surface area contributed by atoms with Crippen LogP contribution < -0.4 is 15.2 Å². The van der Waals surface area contributed by atoms with Crippen LogP contribution in [0.2, 0.25) is 10.0 Å². The van der Waals surface area contributed by atoms with Crippen LogP contribution in [0, 0.1) is 25.2 Å². The molecule has 3 aromatic carbocycles. The maximum absolute atomic E-state index is 13.0. The van der Waals surface area contributed by atoms with E-state index < -0.39 is 11.9 Å². The summed E-state index contributed by atoms with van der Waals surface area (Å²) in [6, 6.07) is 17.8. The zero-order chi connectivity index (χ0) is 24.9. The van der Waals surface area contributed by atoms with E-state index in [2.05, 4.69) is 6.07 Å². The Morgan fingerprint density at radius 3 is 2.57 bits per heavy atom. The van der Waals surface area contributed by atoms with Gasteiger partial charge in [0.1, 0.15) is 28.7 Å². The predicted molar refractivity (Wildman–Crippen MR) is 133 cm³/mol. The van der Waals surface area contributed by atoms with Crippen molar-refractivity contribution in [2.45, 2.75) is 19.8 Å². The van der Waals surface area contributed by atoms with Gasteiger partial charge in [-0.2, -0.15) is 5.26 Å². The normalized spacial score (nSPS) is 14.9. The minimum atomic E-state index is -0.660. The highest BCUT2D eigenvalue weighted by atomic mass is 35.5. The number of halogens is 2. The molecule has 4 aromatic rings. The van der Waals surface area contributed by atoms with Crippen molar-refractivity contribution < 1.29 is 18.7 Å². The monoisotopic (exact) mass is 504 g/mol. The minimum absolute atomic E-state index is 0.0335. The molecule has 0 bridgehead atoms. The Bertz CT molecular complexity index is 1600. The lowest BCUT2D eigenvalue weighted by Gasteiger charge is -2.27. The summed E-state index contributed by atoms with van der Waals surface area (Å²) >= 11 is 12.7. The van der Waals surface area contributed by atoms with Crippen molar-refractivity contribution in [3.05, 3.63) is 104 Å². The predicted octanol–water partition coefficient (Wildman–Crippen LogP) is 6.79. The molecule has 5 rings (SSSR count). The molecule has 0 fully saturated rings. The highest BCUT2D eigenvalue weighted by Crippen LogP contribution is 2.45. The Balaban J connectivity index is 1.50. The summed E-state index contributed by atoms with van der Waals surface area (Å²) in [5, 5.41) is 11.6. The second-order valence-corrected chi connectivity index (χ2v) is 9.00. The number of benzene rings is 3. The van der Waals surface area contributed by atoms with E-state index >= 15 is 0 Å². The molecule has 8 heteroatoms. The van der Waals surface area contributed by atoms with E-state index in [0.717, 1.165) is 16.5 Å². The number of nitrogens with two attached hydrogens (primary N) is 1. The summed E-state index contributed by atoms with van der Waals surface area (Å²) in [5.74, 6) is -0.538. The number of hydrogen-bond donors (Lipinski definition) is 1. The van der Waals surface area contributed by atoms with Crippen LogP contribution >= 0.6 is 23.2 Å². The molecule has 6 nitrogen and oxygen atoms in total. The molecule has 1 aliphatic rings. The molecule has 2 N–H and O–H groups in total. The van der Waals surface area contributed by atoms with Crippen LogP contribution in [0.25, 0.3) is 11.0 Å². The van der Waals surface area contributed by atoms with Gasteiger partial charge in [0, 0.05) is 32.6 Å². The molecule has 2 heterocycles. The number of aryl methyl sites for hydroxylation is 2. The largest absolute Gasteiger partial charge is 0.449 e. The number of ether oxygens (including phenoxy) is 2. The smallest absolute Gasteiger partial charge is 0.379 e. The Morgan fingerprint density at radius 2 is 1.83 bits per heavy atom. The molecular formula is C27H18Cl2N2O4. The van der Waals surface area contributed by atoms with E-state index in [4.69, 9.17) is 42.8 Å².